The van der Waals surface area contributed by atoms with E-state index < -0.39 is 0 Å². The maximum Gasteiger partial charge on any atom is 0.317 e. The van der Waals surface area contributed by atoms with Crippen molar-refractivity contribution in [3.8, 4) is 11.3 Å². The number of aromatic amines is 1. The van der Waals surface area contributed by atoms with Gasteiger partial charge in [0.15, 0.2) is 0 Å². The van der Waals surface area contributed by atoms with Crippen molar-refractivity contribution in [2.45, 2.75) is 44.9 Å². The molecule has 1 aromatic carbocycles. The van der Waals surface area contributed by atoms with Gasteiger partial charge in [0.05, 0.1) is 5.69 Å². The van der Waals surface area contributed by atoms with Crippen molar-refractivity contribution >= 4 is 6.03 Å². The molecule has 1 aliphatic rings. The number of hydrogen-bond acceptors (Lipinski definition) is 2. The smallest absolute Gasteiger partial charge is 0.317 e. The molecule has 0 radical (unpaired) electrons. The van der Waals surface area contributed by atoms with Crippen LogP contribution in [0.3, 0.4) is 0 Å². The quantitative estimate of drug-likeness (QED) is 0.649. The Hall–Kier alpha value is -2.63. The van der Waals surface area contributed by atoms with Crippen LogP contribution in [0.4, 0.5) is 9.18 Å². The Morgan fingerprint density at radius 1 is 1.29 bits per heavy atom. The van der Waals surface area contributed by atoms with Gasteiger partial charge in [-0.05, 0) is 63.1 Å². The fourth-order valence-corrected chi connectivity index (χ4v) is 3.49. The van der Waals surface area contributed by atoms with Gasteiger partial charge in [0.2, 0.25) is 0 Å². The molecule has 0 atom stereocenters. The lowest BCUT2D eigenvalue weighted by Crippen LogP contribution is -2.38. The molecule has 0 bridgehead atoms. The Morgan fingerprint density at radius 3 is 2.96 bits per heavy atom. The van der Waals surface area contributed by atoms with Gasteiger partial charge >= 0.3 is 6.03 Å². The van der Waals surface area contributed by atoms with Crippen LogP contribution in [0.2, 0.25) is 0 Å². The van der Waals surface area contributed by atoms with Crippen LogP contribution in [0.25, 0.3) is 11.3 Å². The topological polar surface area (TPSA) is 61.0 Å². The fraction of sp³-hybridized carbons (Fsp3) is 0.455. The van der Waals surface area contributed by atoms with Crippen LogP contribution in [0.1, 0.15) is 44.2 Å². The molecule has 2 N–H and O–H groups in total. The van der Waals surface area contributed by atoms with Crippen molar-refractivity contribution < 1.29 is 9.18 Å². The molecule has 150 valence electrons. The van der Waals surface area contributed by atoms with Crippen molar-refractivity contribution in [2.24, 2.45) is 0 Å². The number of H-pyrrole nitrogens is 1. The SMILES string of the molecule is CN(CCCc1cc(-c2cccc(F)c2)n[nH]1)C(=O)NCCC1=CCCCC1. The first-order chi connectivity index (χ1) is 13.6. The van der Waals surface area contributed by atoms with Gasteiger partial charge in [-0.3, -0.25) is 5.10 Å². The van der Waals surface area contributed by atoms with E-state index in [0.717, 1.165) is 36.2 Å². The van der Waals surface area contributed by atoms with E-state index in [2.05, 4.69) is 21.6 Å². The predicted octanol–water partition coefficient (Wildman–Crippen LogP) is 4.68. The molecule has 1 aliphatic carbocycles. The summed E-state index contributed by atoms with van der Waals surface area (Å²) in [5.74, 6) is -0.269. The molecule has 28 heavy (non-hydrogen) atoms. The van der Waals surface area contributed by atoms with Gasteiger partial charge in [0.1, 0.15) is 5.82 Å². The lowest BCUT2D eigenvalue weighted by Gasteiger charge is -2.18. The monoisotopic (exact) mass is 384 g/mol. The molecule has 0 spiro atoms. The summed E-state index contributed by atoms with van der Waals surface area (Å²) in [7, 11) is 1.82. The third-order valence-electron chi connectivity index (χ3n) is 5.14. The van der Waals surface area contributed by atoms with Gasteiger partial charge in [-0.1, -0.05) is 23.8 Å². The Labute approximate surface area is 166 Å². The van der Waals surface area contributed by atoms with Crippen molar-refractivity contribution in [3.05, 3.63) is 53.5 Å². The second kappa shape index (κ2) is 10.1. The van der Waals surface area contributed by atoms with Gasteiger partial charge in [0, 0.05) is 31.4 Å². The summed E-state index contributed by atoms with van der Waals surface area (Å²) in [5.41, 5.74) is 3.95. The van der Waals surface area contributed by atoms with Crippen molar-refractivity contribution in [2.75, 3.05) is 20.1 Å². The molecule has 0 aliphatic heterocycles. The Morgan fingerprint density at radius 2 is 2.18 bits per heavy atom. The molecule has 6 heteroatoms. The van der Waals surface area contributed by atoms with Crippen molar-refractivity contribution in [3.63, 3.8) is 0 Å². The largest absolute Gasteiger partial charge is 0.338 e. The summed E-state index contributed by atoms with van der Waals surface area (Å²) in [6, 6.07) is 8.32. The zero-order valence-corrected chi connectivity index (χ0v) is 16.5. The first-order valence-electron chi connectivity index (χ1n) is 10.1. The van der Waals surface area contributed by atoms with Crippen molar-refractivity contribution in [1.29, 1.82) is 0 Å². The van der Waals surface area contributed by atoms with Crippen LogP contribution in [-0.2, 0) is 6.42 Å². The number of nitrogens with zero attached hydrogens (tertiary/aromatic N) is 2. The van der Waals surface area contributed by atoms with E-state index in [9.17, 15) is 9.18 Å². The van der Waals surface area contributed by atoms with Crippen LogP contribution in [0.5, 0.6) is 0 Å². The maximum atomic E-state index is 13.3. The molecule has 1 heterocycles. The van der Waals surface area contributed by atoms with E-state index in [1.165, 1.54) is 43.4 Å². The molecular weight excluding hydrogens is 355 g/mol. The second-order valence-corrected chi connectivity index (χ2v) is 7.40. The second-order valence-electron chi connectivity index (χ2n) is 7.40. The minimum atomic E-state index is -0.269. The zero-order chi connectivity index (χ0) is 19.8. The highest BCUT2D eigenvalue weighted by molar-refractivity contribution is 5.73. The van der Waals surface area contributed by atoms with E-state index >= 15 is 0 Å². The number of aromatic nitrogens is 2. The Kier molecular flexibility index (Phi) is 7.23. The summed E-state index contributed by atoms with van der Waals surface area (Å²) in [6.45, 7) is 1.37. The third-order valence-corrected chi connectivity index (χ3v) is 5.14. The fourth-order valence-electron chi connectivity index (χ4n) is 3.49. The molecule has 0 fully saturated rings. The average molecular weight is 384 g/mol. The molecule has 0 unspecified atom stereocenters. The normalized spacial score (nSPS) is 13.9. The summed E-state index contributed by atoms with van der Waals surface area (Å²) < 4.78 is 13.3. The molecule has 0 saturated heterocycles. The molecular formula is C22H29FN4O. The summed E-state index contributed by atoms with van der Waals surface area (Å²) >= 11 is 0. The lowest BCUT2D eigenvalue weighted by molar-refractivity contribution is 0.208. The van der Waals surface area contributed by atoms with Crippen molar-refractivity contribution in [1.82, 2.24) is 20.4 Å². The number of carbonyl (C=O) groups is 1. The average Bonchev–Trinajstić information content (AvgIpc) is 3.17. The van der Waals surface area contributed by atoms with Crippen LogP contribution < -0.4 is 5.32 Å². The number of amides is 2. The summed E-state index contributed by atoms with van der Waals surface area (Å²) in [4.78, 5) is 13.9. The van der Waals surface area contributed by atoms with Gasteiger partial charge in [-0.2, -0.15) is 5.10 Å². The van der Waals surface area contributed by atoms with E-state index in [1.54, 1.807) is 11.0 Å². The molecule has 3 rings (SSSR count). The molecule has 2 amide bonds. The molecule has 1 aromatic heterocycles. The molecule has 2 aromatic rings. The zero-order valence-electron chi connectivity index (χ0n) is 16.5. The van der Waals surface area contributed by atoms with Gasteiger partial charge in [-0.25, -0.2) is 9.18 Å². The predicted molar refractivity (Wildman–Crippen MR) is 109 cm³/mol. The first kappa shape index (κ1) is 20.1. The number of aryl methyl sites for hydroxylation is 1. The number of halogens is 1. The lowest BCUT2D eigenvalue weighted by atomic mass is 9.97. The number of allylic oxidation sites excluding steroid dienone is 1. The highest BCUT2D eigenvalue weighted by Crippen LogP contribution is 2.20. The Bertz CT molecular complexity index is 814. The highest BCUT2D eigenvalue weighted by atomic mass is 19.1. The Balaban J connectivity index is 1.37. The van der Waals surface area contributed by atoms with Crippen LogP contribution >= 0.6 is 0 Å². The number of urea groups is 1. The van der Waals surface area contributed by atoms with Crippen LogP contribution in [-0.4, -0.2) is 41.3 Å². The van der Waals surface area contributed by atoms with Gasteiger partial charge in [0.25, 0.3) is 0 Å². The first-order valence-corrected chi connectivity index (χ1v) is 10.1. The summed E-state index contributed by atoms with van der Waals surface area (Å²) in [5, 5.41) is 10.3. The van der Waals surface area contributed by atoms with E-state index in [0.29, 0.717) is 13.1 Å². The van der Waals surface area contributed by atoms with Gasteiger partial charge in [-0.15, -0.1) is 0 Å². The number of benzene rings is 1. The van der Waals surface area contributed by atoms with Crippen LogP contribution in [0, 0.1) is 5.82 Å². The van der Waals surface area contributed by atoms with Crippen LogP contribution in [0.15, 0.2) is 42.0 Å². The minimum absolute atomic E-state index is 0.0264. The third kappa shape index (κ3) is 5.94. The molecule has 0 saturated carbocycles. The number of nitrogens with one attached hydrogen (secondary N) is 2. The minimum Gasteiger partial charge on any atom is -0.338 e. The molecule has 5 nitrogen and oxygen atoms in total. The number of carbonyl (C=O) groups excluding carboxylic acids is 1. The highest BCUT2D eigenvalue weighted by Gasteiger charge is 2.10. The van der Waals surface area contributed by atoms with E-state index in [4.69, 9.17) is 0 Å². The van der Waals surface area contributed by atoms with E-state index in [-0.39, 0.29) is 11.8 Å². The number of rotatable bonds is 8. The van der Waals surface area contributed by atoms with Gasteiger partial charge < -0.3 is 10.2 Å². The number of hydrogen-bond donors (Lipinski definition) is 2. The summed E-state index contributed by atoms with van der Waals surface area (Å²) in [6.07, 6.45) is 9.81. The standard InChI is InChI=1S/C22H29FN4O/c1-27(22(28)24-13-12-17-7-3-2-4-8-17)14-6-11-20-16-21(26-25-20)18-9-5-10-19(23)15-18/h5,7,9-10,15-16H,2-4,6,8,11-14H2,1H3,(H,24,28)(H,25,26). The van der Waals surface area contributed by atoms with E-state index in [1.807, 2.05) is 19.2 Å². The maximum absolute atomic E-state index is 13.3.